The molecule has 0 N–H and O–H groups in total. The number of ether oxygens (including phenoxy) is 4. The van der Waals surface area contributed by atoms with Gasteiger partial charge in [-0.2, -0.15) is 0 Å². The monoisotopic (exact) mass is 590 g/mol. The first-order chi connectivity index (χ1) is 16.3. The van der Waals surface area contributed by atoms with Crippen LogP contribution in [0.15, 0.2) is 66.7 Å². The van der Waals surface area contributed by atoms with Gasteiger partial charge < -0.3 is 18.9 Å². The molecule has 6 nitrogen and oxygen atoms in total. The molecule has 34 heavy (non-hydrogen) atoms. The minimum absolute atomic E-state index is 0.0718. The molecule has 0 amide bonds. The van der Waals surface area contributed by atoms with Gasteiger partial charge in [0.05, 0.1) is 23.9 Å². The molecule has 3 aromatic carbocycles. The van der Waals surface area contributed by atoms with E-state index in [-0.39, 0.29) is 27.7 Å². The van der Waals surface area contributed by atoms with E-state index in [2.05, 4.69) is 31.9 Å². The zero-order valence-electron chi connectivity index (χ0n) is 18.9. The summed E-state index contributed by atoms with van der Waals surface area (Å²) < 4.78 is 21.8. The van der Waals surface area contributed by atoms with Crippen molar-refractivity contribution in [1.29, 1.82) is 0 Å². The van der Waals surface area contributed by atoms with Crippen molar-refractivity contribution in [3.8, 4) is 23.0 Å². The third-order valence-electron chi connectivity index (χ3n) is 4.95. The highest BCUT2D eigenvalue weighted by atomic mass is 79.9. The van der Waals surface area contributed by atoms with Crippen molar-refractivity contribution in [2.75, 3.05) is 14.2 Å². The van der Waals surface area contributed by atoms with E-state index in [1.54, 1.807) is 6.07 Å². The Morgan fingerprint density at radius 2 is 1.50 bits per heavy atom. The number of hydrogen-bond acceptors (Lipinski definition) is 6. The maximum Gasteiger partial charge on any atom is 0.308 e. The Balaban J connectivity index is 1.79. The summed E-state index contributed by atoms with van der Waals surface area (Å²) >= 11 is 7.12. The topological polar surface area (TPSA) is 71.1 Å². The van der Waals surface area contributed by atoms with E-state index in [0.29, 0.717) is 12.4 Å². The van der Waals surface area contributed by atoms with E-state index in [1.165, 1.54) is 27.2 Å². The number of hydrogen-bond donors (Lipinski definition) is 0. The van der Waals surface area contributed by atoms with Crippen LogP contribution in [0.3, 0.4) is 0 Å². The van der Waals surface area contributed by atoms with Gasteiger partial charge in [0, 0.05) is 19.1 Å². The third-order valence-corrected chi connectivity index (χ3v) is 7.66. The Labute approximate surface area is 215 Å². The fraction of sp³-hybridized carbons (Fsp3) is 0.231. The predicted octanol–water partition coefficient (Wildman–Crippen LogP) is 6.29. The summed E-state index contributed by atoms with van der Waals surface area (Å²) in [4.78, 5) is 24.0. The molecule has 3 aromatic rings. The molecule has 2 atom stereocenters. The smallest absolute Gasteiger partial charge is 0.308 e. The van der Waals surface area contributed by atoms with Gasteiger partial charge in [-0.25, -0.2) is 0 Å². The maximum atomic E-state index is 13.5. The first-order valence-electron chi connectivity index (χ1n) is 10.4. The van der Waals surface area contributed by atoms with E-state index in [4.69, 9.17) is 18.9 Å². The molecular weight excluding hydrogens is 568 g/mol. The molecule has 0 saturated heterocycles. The van der Waals surface area contributed by atoms with Gasteiger partial charge in [0.15, 0.2) is 5.78 Å². The third kappa shape index (κ3) is 6.39. The Morgan fingerprint density at radius 1 is 0.853 bits per heavy atom. The molecule has 0 heterocycles. The van der Waals surface area contributed by atoms with Crippen molar-refractivity contribution in [3.63, 3.8) is 0 Å². The highest BCUT2D eigenvalue weighted by Gasteiger charge is 2.31. The lowest BCUT2D eigenvalue weighted by Crippen LogP contribution is -2.21. The molecular formula is C26H24Br2O6. The van der Waals surface area contributed by atoms with Crippen LogP contribution in [-0.2, 0) is 11.4 Å². The van der Waals surface area contributed by atoms with Crippen molar-refractivity contribution < 1.29 is 28.5 Å². The number of rotatable bonds is 10. The first kappa shape index (κ1) is 25.8. The summed E-state index contributed by atoms with van der Waals surface area (Å²) in [7, 11) is 2.91. The zero-order valence-corrected chi connectivity index (χ0v) is 22.1. The quantitative estimate of drug-likeness (QED) is 0.119. The number of Topliss-reactive ketones (excluding diaryl/α,β-unsaturated/α-hetero) is 1. The van der Waals surface area contributed by atoms with Gasteiger partial charge in [-0.15, -0.1) is 0 Å². The van der Waals surface area contributed by atoms with Crippen LogP contribution >= 0.6 is 31.9 Å². The number of esters is 1. The van der Waals surface area contributed by atoms with Gasteiger partial charge in [-0.1, -0.05) is 74.3 Å². The van der Waals surface area contributed by atoms with Gasteiger partial charge in [-0.05, 0) is 23.3 Å². The second-order valence-corrected chi connectivity index (χ2v) is 9.28. The summed E-state index contributed by atoms with van der Waals surface area (Å²) in [5, 5.41) is 0. The minimum Gasteiger partial charge on any atom is -0.496 e. The minimum atomic E-state index is -0.680. The molecule has 2 unspecified atom stereocenters. The van der Waals surface area contributed by atoms with E-state index in [0.717, 1.165) is 16.9 Å². The van der Waals surface area contributed by atoms with E-state index in [1.807, 2.05) is 54.6 Å². The van der Waals surface area contributed by atoms with Gasteiger partial charge in [0.1, 0.15) is 35.2 Å². The van der Waals surface area contributed by atoms with E-state index >= 15 is 0 Å². The van der Waals surface area contributed by atoms with Gasteiger partial charge >= 0.3 is 5.97 Å². The van der Waals surface area contributed by atoms with Crippen LogP contribution in [0, 0.1) is 0 Å². The largest absolute Gasteiger partial charge is 0.496 e. The Hall–Kier alpha value is -2.84. The SMILES string of the molecule is COc1cc(OC)c(C(=O)C(Br)C(Br)c2ccc(OCc3ccccc3)cc2)c(OC(C)=O)c1. The fourth-order valence-corrected chi connectivity index (χ4v) is 4.33. The number of ketones is 1. The summed E-state index contributed by atoms with van der Waals surface area (Å²) in [6.45, 7) is 1.73. The molecule has 178 valence electrons. The van der Waals surface area contributed by atoms with Crippen molar-refractivity contribution in [2.45, 2.75) is 23.2 Å². The van der Waals surface area contributed by atoms with Crippen LogP contribution in [0.25, 0.3) is 0 Å². The van der Waals surface area contributed by atoms with Crippen LogP contribution in [0.2, 0.25) is 0 Å². The molecule has 0 aliphatic carbocycles. The van der Waals surface area contributed by atoms with Crippen molar-refractivity contribution in [1.82, 2.24) is 0 Å². The van der Waals surface area contributed by atoms with Crippen LogP contribution in [0.1, 0.15) is 33.2 Å². The van der Waals surface area contributed by atoms with Gasteiger partial charge in [-0.3, -0.25) is 9.59 Å². The molecule has 3 rings (SSSR count). The number of benzene rings is 3. The molecule has 0 fully saturated rings. The maximum absolute atomic E-state index is 13.5. The second-order valence-electron chi connectivity index (χ2n) is 7.31. The molecule has 0 aliphatic rings. The molecule has 0 aliphatic heterocycles. The number of methoxy groups -OCH3 is 2. The number of carbonyl (C=O) groups excluding carboxylic acids is 2. The highest BCUT2D eigenvalue weighted by molar-refractivity contribution is 9.12. The van der Waals surface area contributed by atoms with Gasteiger partial charge in [0.25, 0.3) is 0 Å². The number of alkyl halides is 2. The number of halogens is 2. The molecule has 0 radical (unpaired) electrons. The Bertz CT molecular complexity index is 1130. The lowest BCUT2D eigenvalue weighted by molar-refractivity contribution is -0.131. The fourth-order valence-electron chi connectivity index (χ4n) is 3.25. The predicted molar refractivity (Wildman–Crippen MR) is 137 cm³/mol. The Morgan fingerprint density at radius 3 is 2.09 bits per heavy atom. The van der Waals surface area contributed by atoms with Gasteiger partial charge in [0.2, 0.25) is 0 Å². The average Bonchev–Trinajstić information content (AvgIpc) is 2.86. The molecule has 0 aromatic heterocycles. The highest BCUT2D eigenvalue weighted by Crippen LogP contribution is 2.40. The van der Waals surface area contributed by atoms with Crippen LogP contribution in [-0.4, -0.2) is 30.8 Å². The number of carbonyl (C=O) groups is 2. The summed E-state index contributed by atoms with van der Waals surface area (Å²) in [6, 6.07) is 20.4. The van der Waals surface area contributed by atoms with E-state index in [9.17, 15) is 9.59 Å². The normalized spacial score (nSPS) is 12.4. The lowest BCUT2D eigenvalue weighted by Gasteiger charge is -2.20. The van der Waals surface area contributed by atoms with Crippen molar-refractivity contribution >= 4 is 43.6 Å². The standard InChI is InChI=1S/C26H24Br2O6/c1-16(29)34-22-14-20(31-2)13-21(32-3)23(22)26(30)25(28)24(27)18-9-11-19(12-10-18)33-15-17-7-5-4-6-8-17/h4-14,24-25H,15H2,1-3H3. The van der Waals surface area contributed by atoms with Crippen LogP contribution < -0.4 is 18.9 Å². The van der Waals surface area contributed by atoms with Crippen molar-refractivity contribution in [3.05, 3.63) is 83.4 Å². The average molecular weight is 592 g/mol. The van der Waals surface area contributed by atoms with Crippen LogP contribution in [0.5, 0.6) is 23.0 Å². The lowest BCUT2D eigenvalue weighted by atomic mass is 10.0. The summed E-state index contributed by atoms with van der Waals surface area (Å²) in [5.41, 5.74) is 2.09. The first-order valence-corrected chi connectivity index (χ1v) is 12.2. The Kier molecular flexibility index (Phi) is 9.12. The van der Waals surface area contributed by atoms with Crippen molar-refractivity contribution in [2.24, 2.45) is 0 Å². The second kappa shape index (κ2) is 12.0. The summed E-state index contributed by atoms with van der Waals surface area (Å²) in [5.74, 6) is 0.562. The zero-order chi connectivity index (χ0) is 24.7. The molecule has 0 saturated carbocycles. The summed E-state index contributed by atoms with van der Waals surface area (Å²) in [6.07, 6.45) is 0. The van der Waals surface area contributed by atoms with E-state index < -0.39 is 10.8 Å². The molecule has 0 spiro atoms. The van der Waals surface area contributed by atoms with Crippen LogP contribution in [0.4, 0.5) is 0 Å². The molecule has 8 heteroatoms. The molecule has 0 bridgehead atoms.